The summed E-state index contributed by atoms with van der Waals surface area (Å²) in [5.41, 5.74) is 4.19. The third-order valence-electron chi connectivity index (χ3n) is 4.23. The van der Waals surface area contributed by atoms with Crippen LogP contribution in [0.5, 0.6) is 0 Å². The first kappa shape index (κ1) is 11.5. The van der Waals surface area contributed by atoms with Gasteiger partial charge in [0, 0.05) is 10.6 Å². The van der Waals surface area contributed by atoms with Gasteiger partial charge in [-0.05, 0) is 55.9 Å². The number of fused-ring (bicyclic) bond motifs is 1. The van der Waals surface area contributed by atoms with Crippen molar-refractivity contribution in [3.05, 3.63) is 23.3 Å². The Kier molecular flexibility index (Phi) is 3.08. The summed E-state index contributed by atoms with van der Waals surface area (Å²) < 4.78 is 0. The fourth-order valence-corrected chi connectivity index (χ4v) is 4.38. The van der Waals surface area contributed by atoms with Gasteiger partial charge in [-0.2, -0.15) is 0 Å². The summed E-state index contributed by atoms with van der Waals surface area (Å²) in [7, 11) is 0. The molecule has 0 bridgehead atoms. The van der Waals surface area contributed by atoms with Crippen LogP contribution in [0.15, 0.2) is 17.0 Å². The number of benzene rings is 1. The summed E-state index contributed by atoms with van der Waals surface area (Å²) in [5.74, 6) is 0.877. The molecule has 1 saturated carbocycles. The third-order valence-corrected chi connectivity index (χ3v) is 5.57. The molecule has 17 heavy (non-hydrogen) atoms. The van der Waals surface area contributed by atoms with E-state index in [4.69, 9.17) is 0 Å². The number of hydrogen-bond acceptors (Lipinski definition) is 2. The van der Waals surface area contributed by atoms with Crippen molar-refractivity contribution >= 4 is 17.4 Å². The van der Waals surface area contributed by atoms with Gasteiger partial charge in [-0.1, -0.05) is 31.0 Å². The minimum atomic E-state index is 0.631. The highest BCUT2D eigenvalue weighted by Gasteiger charge is 2.30. The van der Waals surface area contributed by atoms with Crippen LogP contribution in [0, 0.1) is 19.8 Å². The first-order valence-corrected chi connectivity index (χ1v) is 7.66. The zero-order chi connectivity index (χ0) is 11.8. The van der Waals surface area contributed by atoms with E-state index in [0.29, 0.717) is 5.37 Å². The molecular formula is C15H21NS. The zero-order valence-electron chi connectivity index (χ0n) is 10.8. The van der Waals surface area contributed by atoms with Crippen LogP contribution in [0.1, 0.15) is 43.2 Å². The summed E-state index contributed by atoms with van der Waals surface area (Å²) >= 11 is 2.05. The lowest BCUT2D eigenvalue weighted by atomic mass is 9.89. The highest BCUT2D eigenvalue weighted by molar-refractivity contribution is 8.00. The minimum Gasteiger partial charge on any atom is -0.372 e. The Morgan fingerprint density at radius 2 is 1.76 bits per heavy atom. The first-order valence-electron chi connectivity index (χ1n) is 6.78. The minimum absolute atomic E-state index is 0.631. The molecule has 2 heteroatoms. The van der Waals surface area contributed by atoms with Gasteiger partial charge in [0.2, 0.25) is 0 Å². The molecule has 1 aliphatic heterocycles. The van der Waals surface area contributed by atoms with E-state index in [9.17, 15) is 0 Å². The molecule has 1 unspecified atom stereocenters. The summed E-state index contributed by atoms with van der Waals surface area (Å²) in [6.07, 6.45) is 7.13. The fraction of sp³-hybridized carbons (Fsp3) is 0.600. The topological polar surface area (TPSA) is 12.0 Å². The predicted octanol–water partition coefficient (Wildman–Crippen LogP) is 4.73. The molecule has 1 nitrogen and oxygen atoms in total. The lowest BCUT2D eigenvalue weighted by Crippen LogP contribution is -2.24. The molecule has 3 rings (SSSR count). The third kappa shape index (κ3) is 2.20. The molecule has 1 aliphatic carbocycles. The Labute approximate surface area is 108 Å². The van der Waals surface area contributed by atoms with Crippen LogP contribution < -0.4 is 5.32 Å². The van der Waals surface area contributed by atoms with Gasteiger partial charge in [0.1, 0.15) is 0 Å². The summed E-state index contributed by atoms with van der Waals surface area (Å²) in [6, 6.07) is 4.67. The maximum atomic E-state index is 3.74. The van der Waals surface area contributed by atoms with Gasteiger partial charge < -0.3 is 5.32 Å². The Bertz CT molecular complexity index is 390. The Hall–Kier alpha value is -0.630. The van der Waals surface area contributed by atoms with E-state index < -0.39 is 0 Å². The van der Waals surface area contributed by atoms with E-state index >= 15 is 0 Å². The number of aryl methyl sites for hydroxylation is 2. The fourth-order valence-electron chi connectivity index (χ4n) is 2.97. The molecule has 0 radical (unpaired) electrons. The molecule has 0 spiro atoms. The summed E-state index contributed by atoms with van der Waals surface area (Å²) in [5, 5.41) is 4.37. The Morgan fingerprint density at radius 3 is 2.53 bits per heavy atom. The maximum Gasteiger partial charge on any atom is 0.0798 e. The highest BCUT2D eigenvalue weighted by Crippen LogP contribution is 2.45. The van der Waals surface area contributed by atoms with E-state index in [1.54, 1.807) is 0 Å². The van der Waals surface area contributed by atoms with Crippen molar-refractivity contribution in [2.45, 2.75) is 56.2 Å². The quantitative estimate of drug-likeness (QED) is 0.770. The van der Waals surface area contributed by atoms with Crippen LogP contribution in [-0.2, 0) is 0 Å². The number of nitrogens with one attached hydrogen (secondary N) is 1. The van der Waals surface area contributed by atoms with Gasteiger partial charge in [0.15, 0.2) is 0 Å². The van der Waals surface area contributed by atoms with Crippen molar-refractivity contribution in [2.24, 2.45) is 5.92 Å². The smallest absolute Gasteiger partial charge is 0.0798 e. The molecule has 0 aromatic heterocycles. The molecular weight excluding hydrogens is 226 g/mol. The molecule has 0 saturated heterocycles. The first-order chi connectivity index (χ1) is 8.24. The van der Waals surface area contributed by atoms with Crippen molar-refractivity contribution < 1.29 is 0 Å². The second-order valence-electron chi connectivity index (χ2n) is 5.51. The van der Waals surface area contributed by atoms with E-state index in [1.165, 1.54) is 53.8 Å². The largest absolute Gasteiger partial charge is 0.372 e. The van der Waals surface area contributed by atoms with Gasteiger partial charge in [0.25, 0.3) is 0 Å². The van der Waals surface area contributed by atoms with Gasteiger partial charge in [-0.25, -0.2) is 0 Å². The molecule has 1 fully saturated rings. The zero-order valence-corrected chi connectivity index (χ0v) is 11.6. The molecule has 1 N–H and O–H groups in total. The number of thioether (sulfide) groups is 1. The molecule has 92 valence electrons. The van der Waals surface area contributed by atoms with Crippen LogP contribution in [0.2, 0.25) is 0 Å². The molecule has 1 atom stereocenters. The number of rotatable bonds is 1. The average Bonchev–Trinajstić information content (AvgIpc) is 2.74. The number of anilines is 1. The van der Waals surface area contributed by atoms with Crippen LogP contribution in [0.4, 0.5) is 5.69 Å². The standard InChI is InChI=1S/C15H21NS/c1-10-8-13-14(9-11(10)2)17-15(16-13)12-6-4-3-5-7-12/h8-9,12,15-16H,3-7H2,1-2H3. The lowest BCUT2D eigenvalue weighted by molar-refractivity contribution is 0.361. The van der Waals surface area contributed by atoms with Crippen molar-refractivity contribution in [1.29, 1.82) is 0 Å². The summed E-state index contributed by atoms with van der Waals surface area (Å²) in [4.78, 5) is 1.46. The van der Waals surface area contributed by atoms with Gasteiger partial charge in [-0.15, -0.1) is 0 Å². The summed E-state index contributed by atoms with van der Waals surface area (Å²) in [6.45, 7) is 4.42. The van der Waals surface area contributed by atoms with E-state index in [1.807, 2.05) is 0 Å². The molecule has 1 aromatic rings. The van der Waals surface area contributed by atoms with Crippen molar-refractivity contribution in [2.75, 3.05) is 5.32 Å². The van der Waals surface area contributed by atoms with Gasteiger partial charge >= 0.3 is 0 Å². The van der Waals surface area contributed by atoms with Crippen LogP contribution in [-0.4, -0.2) is 5.37 Å². The van der Waals surface area contributed by atoms with Gasteiger partial charge in [-0.3, -0.25) is 0 Å². The van der Waals surface area contributed by atoms with Crippen LogP contribution in [0.3, 0.4) is 0 Å². The molecule has 0 amide bonds. The van der Waals surface area contributed by atoms with Crippen LogP contribution in [0.25, 0.3) is 0 Å². The predicted molar refractivity (Wildman–Crippen MR) is 75.8 cm³/mol. The normalized spacial score (nSPS) is 24.5. The molecule has 2 aliphatic rings. The molecule has 1 heterocycles. The Morgan fingerprint density at radius 1 is 1.06 bits per heavy atom. The average molecular weight is 247 g/mol. The Balaban J connectivity index is 1.78. The van der Waals surface area contributed by atoms with Crippen molar-refractivity contribution in [3.63, 3.8) is 0 Å². The maximum absolute atomic E-state index is 3.74. The number of hydrogen-bond donors (Lipinski definition) is 1. The van der Waals surface area contributed by atoms with E-state index in [0.717, 1.165) is 5.92 Å². The van der Waals surface area contributed by atoms with E-state index in [2.05, 4.69) is 43.1 Å². The van der Waals surface area contributed by atoms with Crippen molar-refractivity contribution in [3.8, 4) is 0 Å². The lowest BCUT2D eigenvalue weighted by Gasteiger charge is -2.26. The van der Waals surface area contributed by atoms with Crippen LogP contribution >= 0.6 is 11.8 Å². The van der Waals surface area contributed by atoms with E-state index in [-0.39, 0.29) is 0 Å². The second-order valence-corrected chi connectivity index (χ2v) is 6.70. The monoisotopic (exact) mass is 247 g/mol. The second kappa shape index (κ2) is 4.56. The van der Waals surface area contributed by atoms with Crippen molar-refractivity contribution in [1.82, 2.24) is 0 Å². The van der Waals surface area contributed by atoms with Gasteiger partial charge in [0.05, 0.1) is 5.37 Å². The highest BCUT2D eigenvalue weighted by atomic mass is 32.2. The molecule has 1 aromatic carbocycles. The SMILES string of the molecule is Cc1cc2c(cc1C)SC(C1CCCCC1)N2.